The van der Waals surface area contributed by atoms with E-state index in [1.807, 2.05) is 26.0 Å². The van der Waals surface area contributed by atoms with Gasteiger partial charge in [0, 0.05) is 11.9 Å². The van der Waals surface area contributed by atoms with Gasteiger partial charge in [0.25, 0.3) is 0 Å². The first-order chi connectivity index (χ1) is 9.99. The van der Waals surface area contributed by atoms with Crippen LogP contribution in [0.1, 0.15) is 11.1 Å². The third kappa shape index (κ3) is 3.58. The summed E-state index contributed by atoms with van der Waals surface area (Å²) in [5, 5.41) is 5.12. The van der Waals surface area contributed by atoms with Crippen molar-refractivity contribution in [1.29, 1.82) is 0 Å². The molecule has 2 rings (SSSR count). The molecule has 0 spiro atoms. The normalized spacial score (nSPS) is 10.0. The topological polar surface area (TPSA) is 71.1 Å². The van der Waals surface area contributed by atoms with Crippen LogP contribution in [0.3, 0.4) is 0 Å². The largest absolute Gasteiger partial charge is 0.318 e. The van der Waals surface area contributed by atoms with Crippen LogP contribution in [0.4, 0.5) is 11.4 Å². The van der Waals surface area contributed by atoms with Crippen molar-refractivity contribution in [3.8, 4) is 0 Å². The maximum Gasteiger partial charge on any atom is 0.314 e. The van der Waals surface area contributed by atoms with Gasteiger partial charge in [0.1, 0.15) is 0 Å². The summed E-state index contributed by atoms with van der Waals surface area (Å²) in [6, 6.07) is 8.67. The summed E-state index contributed by atoms with van der Waals surface area (Å²) in [5.41, 5.74) is 2.84. The van der Waals surface area contributed by atoms with Gasteiger partial charge >= 0.3 is 11.8 Å². The first kappa shape index (κ1) is 15.0. The fourth-order valence-corrected chi connectivity index (χ4v) is 1.89. The molecule has 21 heavy (non-hydrogen) atoms. The third-order valence-corrected chi connectivity index (χ3v) is 3.37. The van der Waals surface area contributed by atoms with E-state index in [-0.39, 0.29) is 5.15 Å². The zero-order valence-corrected chi connectivity index (χ0v) is 12.4. The van der Waals surface area contributed by atoms with Crippen LogP contribution >= 0.6 is 11.6 Å². The summed E-state index contributed by atoms with van der Waals surface area (Å²) in [7, 11) is 0. The predicted molar refractivity (Wildman–Crippen MR) is 82.4 cm³/mol. The number of anilines is 2. The molecule has 0 bridgehead atoms. The van der Waals surface area contributed by atoms with E-state index in [0.29, 0.717) is 11.4 Å². The van der Waals surface area contributed by atoms with Crippen LogP contribution in [0.15, 0.2) is 36.5 Å². The van der Waals surface area contributed by atoms with Gasteiger partial charge < -0.3 is 10.6 Å². The lowest BCUT2D eigenvalue weighted by molar-refractivity contribution is -0.133. The summed E-state index contributed by atoms with van der Waals surface area (Å²) in [6.07, 6.45) is 1.49. The molecular weight excluding hydrogens is 290 g/mol. The van der Waals surface area contributed by atoms with Gasteiger partial charge in [0.2, 0.25) is 0 Å². The number of nitrogens with zero attached hydrogens (tertiary/aromatic N) is 1. The minimum absolute atomic E-state index is 0.130. The Bertz CT molecular complexity index is 701. The predicted octanol–water partition coefficient (Wildman–Crippen LogP) is 2.93. The lowest BCUT2D eigenvalue weighted by atomic mass is 10.1. The molecule has 0 unspecified atom stereocenters. The average molecular weight is 304 g/mol. The van der Waals surface area contributed by atoms with E-state index in [1.165, 1.54) is 6.20 Å². The Balaban J connectivity index is 2.08. The van der Waals surface area contributed by atoms with E-state index in [4.69, 9.17) is 11.6 Å². The quantitative estimate of drug-likeness (QED) is 0.662. The van der Waals surface area contributed by atoms with Gasteiger partial charge in [-0.15, -0.1) is 0 Å². The first-order valence-corrected chi connectivity index (χ1v) is 6.66. The van der Waals surface area contributed by atoms with Gasteiger partial charge in [-0.3, -0.25) is 9.59 Å². The highest BCUT2D eigenvalue weighted by Gasteiger charge is 2.16. The SMILES string of the molecule is Cc1cccc(NC(=O)C(=O)Nc2cccnc2Cl)c1C. The van der Waals surface area contributed by atoms with Crippen molar-refractivity contribution in [2.75, 3.05) is 10.6 Å². The molecule has 5 nitrogen and oxygen atoms in total. The number of carbonyl (C=O) groups is 2. The van der Waals surface area contributed by atoms with E-state index < -0.39 is 11.8 Å². The first-order valence-electron chi connectivity index (χ1n) is 6.28. The van der Waals surface area contributed by atoms with Gasteiger partial charge in [-0.05, 0) is 43.2 Å². The van der Waals surface area contributed by atoms with Crippen molar-refractivity contribution in [3.63, 3.8) is 0 Å². The summed E-state index contributed by atoms with van der Waals surface area (Å²) >= 11 is 5.82. The van der Waals surface area contributed by atoms with Gasteiger partial charge in [0.15, 0.2) is 5.15 Å². The second kappa shape index (κ2) is 6.37. The van der Waals surface area contributed by atoms with Crippen LogP contribution in [-0.4, -0.2) is 16.8 Å². The Morgan fingerprint density at radius 1 is 1.00 bits per heavy atom. The van der Waals surface area contributed by atoms with Crippen LogP contribution in [0.25, 0.3) is 0 Å². The maximum atomic E-state index is 11.9. The van der Waals surface area contributed by atoms with E-state index in [1.54, 1.807) is 18.2 Å². The summed E-state index contributed by atoms with van der Waals surface area (Å²) in [4.78, 5) is 27.6. The highest BCUT2D eigenvalue weighted by Crippen LogP contribution is 2.19. The highest BCUT2D eigenvalue weighted by molar-refractivity contribution is 6.44. The Morgan fingerprint density at radius 2 is 1.62 bits per heavy atom. The molecule has 0 fully saturated rings. The summed E-state index contributed by atoms with van der Waals surface area (Å²) in [5.74, 6) is -1.56. The maximum absolute atomic E-state index is 11.9. The van der Waals surface area contributed by atoms with Crippen molar-refractivity contribution >= 4 is 34.8 Å². The highest BCUT2D eigenvalue weighted by atomic mass is 35.5. The monoisotopic (exact) mass is 303 g/mol. The number of halogens is 1. The molecule has 0 saturated carbocycles. The molecule has 1 aromatic heterocycles. The number of benzene rings is 1. The molecule has 0 aliphatic carbocycles. The van der Waals surface area contributed by atoms with Gasteiger partial charge in [-0.1, -0.05) is 23.7 Å². The number of rotatable bonds is 2. The Kier molecular flexibility index (Phi) is 4.55. The molecule has 0 radical (unpaired) electrons. The Hall–Kier alpha value is -2.40. The van der Waals surface area contributed by atoms with Crippen LogP contribution in [0, 0.1) is 13.8 Å². The molecule has 0 atom stereocenters. The third-order valence-electron chi connectivity index (χ3n) is 3.07. The molecule has 2 N–H and O–H groups in total. The van der Waals surface area contributed by atoms with Gasteiger partial charge in [0.05, 0.1) is 5.69 Å². The molecule has 6 heteroatoms. The smallest absolute Gasteiger partial charge is 0.314 e. The van der Waals surface area contributed by atoms with Gasteiger partial charge in [-0.25, -0.2) is 4.98 Å². The van der Waals surface area contributed by atoms with Crippen molar-refractivity contribution in [3.05, 3.63) is 52.8 Å². The fourth-order valence-electron chi connectivity index (χ4n) is 1.72. The molecular formula is C15H14ClN3O2. The minimum atomic E-state index is -0.800. The second-order valence-corrected chi connectivity index (χ2v) is 4.86. The lowest BCUT2D eigenvalue weighted by Gasteiger charge is -2.10. The Labute approximate surface area is 127 Å². The number of aromatic nitrogens is 1. The van der Waals surface area contributed by atoms with Crippen molar-refractivity contribution in [1.82, 2.24) is 4.98 Å². The molecule has 0 aliphatic heterocycles. The second-order valence-electron chi connectivity index (χ2n) is 4.50. The van der Waals surface area contributed by atoms with E-state index in [9.17, 15) is 9.59 Å². The lowest BCUT2D eigenvalue weighted by Crippen LogP contribution is -2.29. The van der Waals surface area contributed by atoms with Crippen LogP contribution < -0.4 is 10.6 Å². The van der Waals surface area contributed by atoms with Crippen LogP contribution in [0.5, 0.6) is 0 Å². The minimum Gasteiger partial charge on any atom is -0.318 e. The average Bonchev–Trinajstić information content (AvgIpc) is 2.46. The number of nitrogens with one attached hydrogen (secondary N) is 2. The number of aryl methyl sites for hydroxylation is 1. The Morgan fingerprint density at radius 3 is 2.29 bits per heavy atom. The van der Waals surface area contributed by atoms with E-state index in [2.05, 4.69) is 15.6 Å². The standard InChI is InChI=1S/C15H14ClN3O2/c1-9-5-3-6-11(10(9)2)18-14(20)15(21)19-12-7-4-8-17-13(12)16/h3-8H,1-2H3,(H,18,20)(H,19,21). The number of carbonyl (C=O) groups excluding carboxylic acids is 2. The molecule has 1 aromatic carbocycles. The number of amides is 2. The van der Waals surface area contributed by atoms with Crippen molar-refractivity contribution < 1.29 is 9.59 Å². The van der Waals surface area contributed by atoms with E-state index >= 15 is 0 Å². The molecule has 0 aliphatic rings. The molecule has 108 valence electrons. The van der Waals surface area contributed by atoms with E-state index in [0.717, 1.165) is 11.1 Å². The molecule has 2 amide bonds. The van der Waals surface area contributed by atoms with Crippen molar-refractivity contribution in [2.24, 2.45) is 0 Å². The number of hydrogen-bond donors (Lipinski definition) is 2. The zero-order chi connectivity index (χ0) is 15.4. The van der Waals surface area contributed by atoms with Crippen LogP contribution in [-0.2, 0) is 9.59 Å². The summed E-state index contributed by atoms with van der Waals surface area (Å²) in [6.45, 7) is 3.81. The van der Waals surface area contributed by atoms with Crippen LogP contribution in [0.2, 0.25) is 5.15 Å². The zero-order valence-electron chi connectivity index (χ0n) is 11.6. The summed E-state index contributed by atoms with van der Waals surface area (Å²) < 4.78 is 0. The van der Waals surface area contributed by atoms with Gasteiger partial charge in [-0.2, -0.15) is 0 Å². The molecule has 0 saturated heterocycles. The molecule has 1 heterocycles. The molecule has 2 aromatic rings. The number of hydrogen-bond acceptors (Lipinski definition) is 3. The fraction of sp³-hybridized carbons (Fsp3) is 0.133. The van der Waals surface area contributed by atoms with Crippen molar-refractivity contribution in [2.45, 2.75) is 13.8 Å². The number of pyridine rings is 1.